The molecule has 0 fully saturated rings. The molecule has 0 amide bonds. The molecule has 1 heterocycles. The maximum absolute atomic E-state index is 12.8. The van der Waals surface area contributed by atoms with E-state index in [1.165, 1.54) is 0 Å². The van der Waals surface area contributed by atoms with Gasteiger partial charge in [-0.2, -0.15) is 0 Å². The van der Waals surface area contributed by atoms with Crippen molar-refractivity contribution in [3.05, 3.63) is 92.4 Å². The number of rotatable bonds is 7. The normalized spacial score (nSPS) is 10.7. The summed E-state index contributed by atoms with van der Waals surface area (Å²) in [6, 6.07) is 17.1. The molecule has 6 heteroatoms. The molecule has 28 heavy (non-hydrogen) atoms. The lowest BCUT2D eigenvalue weighted by atomic mass is 10.1. The minimum Gasteiger partial charge on any atom is -0.496 e. The first-order chi connectivity index (χ1) is 13.5. The van der Waals surface area contributed by atoms with Crippen LogP contribution < -0.4 is 20.8 Å². The molecule has 0 saturated heterocycles. The van der Waals surface area contributed by atoms with Crippen LogP contribution in [0.2, 0.25) is 5.02 Å². The second-order valence-corrected chi connectivity index (χ2v) is 6.81. The third-order valence-corrected chi connectivity index (χ3v) is 5.01. The number of halogens is 1. The summed E-state index contributed by atoms with van der Waals surface area (Å²) >= 11 is 6.34. The summed E-state index contributed by atoms with van der Waals surface area (Å²) in [7, 11) is 1.61. The summed E-state index contributed by atoms with van der Waals surface area (Å²) in [5.41, 5.74) is 9.09. The van der Waals surface area contributed by atoms with E-state index in [0.717, 1.165) is 28.1 Å². The van der Waals surface area contributed by atoms with Crippen LogP contribution in [-0.4, -0.2) is 11.7 Å². The predicted octanol–water partition coefficient (Wildman–Crippen LogP) is 3.90. The summed E-state index contributed by atoms with van der Waals surface area (Å²) in [6.07, 6.45) is 0. The average Bonchev–Trinajstić information content (AvgIpc) is 2.73. The maximum Gasteiger partial charge on any atom is 0.273 e. The summed E-state index contributed by atoms with van der Waals surface area (Å²) in [4.78, 5) is 12.8. The van der Waals surface area contributed by atoms with Gasteiger partial charge in [0.25, 0.3) is 5.56 Å². The molecule has 3 rings (SSSR count). The van der Waals surface area contributed by atoms with E-state index < -0.39 is 0 Å². The van der Waals surface area contributed by atoms with Crippen LogP contribution in [0.4, 0.5) is 0 Å². The van der Waals surface area contributed by atoms with Gasteiger partial charge in [0, 0.05) is 23.9 Å². The largest absolute Gasteiger partial charge is 0.496 e. The molecule has 0 saturated carbocycles. The van der Waals surface area contributed by atoms with Crippen molar-refractivity contribution in [2.75, 3.05) is 7.11 Å². The number of methoxy groups -OCH3 is 1. The molecule has 0 atom stereocenters. The van der Waals surface area contributed by atoms with Crippen LogP contribution in [0.15, 0.2) is 59.4 Å². The van der Waals surface area contributed by atoms with Gasteiger partial charge in [-0.05, 0) is 24.1 Å². The van der Waals surface area contributed by atoms with Crippen LogP contribution in [0.1, 0.15) is 22.4 Å². The molecule has 5 nitrogen and oxygen atoms in total. The second kappa shape index (κ2) is 8.95. The lowest BCUT2D eigenvalue weighted by Crippen LogP contribution is -2.24. The molecule has 3 aromatic rings. The fourth-order valence-corrected chi connectivity index (χ4v) is 3.28. The molecule has 0 aliphatic heterocycles. The highest BCUT2D eigenvalue weighted by Gasteiger charge is 2.14. The first-order valence-corrected chi connectivity index (χ1v) is 9.34. The fraction of sp³-hybridized carbons (Fsp3) is 0.227. The standard InChI is InChI=1S/C22H23ClN2O3/c1-15-11-20(28-14-18-9-4-3-7-16(18)12-24)21(23)22(26)25(15)13-17-8-5-6-10-19(17)27-2/h3-11H,12-14,24H2,1-2H3. The van der Waals surface area contributed by atoms with E-state index in [-0.39, 0.29) is 10.6 Å². The Bertz CT molecular complexity index is 1030. The molecular weight excluding hydrogens is 376 g/mol. The third-order valence-electron chi connectivity index (χ3n) is 4.66. The van der Waals surface area contributed by atoms with Crippen molar-refractivity contribution in [3.8, 4) is 11.5 Å². The highest BCUT2D eigenvalue weighted by molar-refractivity contribution is 6.31. The number of ether oxygens (including phenoxy) is 2. The van der Waals surface area contributed by atoms with Crippen LogP contribution in [0.3, 0.4) is 0 Å². The third kappa shape index (κ3) is 4.21. The molecule has 2 N–H and O–H groups in total. The van der Waals surface area contributed by atoms with E-state index >= 15 is 0 Å². The number of aromatic nitrogens is 1. The van der Waals surface area contributed by atoms with Gasteiger partial charge in [0.2, 0.25) is 0 Å². The minimum absolute atomic E-state index is 0.0609. The van der Waals surface area contributed by atoms with Gasteiger partial charge in [-0.1, -0.05) is 54.1 Å². The topological polar surface area (TPSA) is 66.5 Å². The van der Waals surface area contributed by atoms with Crippen LogP contribution in [0.5, 0.6) is 11.5 Å². The number of benzene rings is 2. The molecule has 0 bridgehead atoms. The summed E-state index contributed by atoms with van der Waals surface area (Å²) in [5, 5.41) is 0.0609. The van der Waals surface area contributed by atoms with E-state index in [4.69, 9.17) is 26.8 Å². The Morgan fingerprint density at radius 2 is 1.64 bits per heavy atom. The maximum atomic E-state index is 12.8. The number of nitrogens with two attached hydrogens (primary N) is 1. The molecule has 1 aromatic heterocycles. The summed E-state index contributed by atoms with van der Waals surface area (Å²) in [5.74, 6) is 1.09. The number of aryl methyl sites for hydroxylation is 1. The zero-order chi connectivity index (χ0) is 20.1. The summed E-state index contributed by atoms with van der Waals surface area (Å²) in [6.45, 7) is 2.94. The highest BCUT2D eigenvalue weighted by Crippen LogP contribution is 2.25. The SMILES string of the molecule is COc1ccccc1Cn1c(C)cc(OCc2ccccc2CN)c(Cl)c1=O. The Labute approximate surface area is 169 Å². The molecule has 0 unspecified atom stereocenters. The lowest BCUT2D eigenvalue weighted by Gasteiger charge is -2.16. The minimum atomic E-state index is -0.297. The first-order valence-electron chi connectivity index (χ1n) is 8.96. The number of pyridine rings is 1. The Morgan fingerprint density at radius 1 is 1.00 bits per heavy atom. The Hall–Kier alpha value is -2.76. The molecule has 0 aliphatic rings. The average molecular weight is 399 g/mol. The van der Waals surface area contributed by atoms with Crippen molar-refractivity contribution >= 4 is 11.6 Å². The van der Waals surface area contributed by atoms with Gasteiger partial charge in [0.05, 0.1) is 13.7 Å². The predicted molar refractivity (Wildman–Crippen MR) is 111 cm³/mol. The van der Waals surface area contributed by atoms with Gasteiger partial charge in [0.1, 0.15) is 23.1 Å². The van der Waals surface area contributed by atoms with Crippen molar-refractivity contribution in [1.82, 2.24) is 4.57 Å². The van der Waals surface area contributed by atoms with Crippen LogP contribution in [0.25, 0.3) is 0 Å². The molecule has 146 valence electrons. The first kappa shape index (κ1) is 20.0. The summed E-state index contributed by atoms with van der Waals surface area (Å²) < 4.78 is 12.8. The van der Waals surface area contributed by atoms with Crippen LogP contribution in [0, 0.1) is 6.92 Å². The smallest absolute Gasteiger partial charge is 0.273 e. The van der Waals surface area contributed by atoms with Gasteiger partial charge in [-0.3, -0.25) is 4.79 Å². The molecule has 2 aromatic carbocycles. The highest BCUT2D eigenvalue weighted by atomic mass is 35.5. The quantitative estimate of drug-likeness (QED) is 0.655. The zero-order valence-electron chi connectivity index (χ0n) is 15.9. The van der Waals surface area contributed by atoms with Gasteiger partial charge in [-0.15, -0.1) is 0 Å². The van der Waals surface area contributed by atoms with Crippen molar-refractivity contribution in [2.24, 2.45) is 5.73 Å². The van der Waals surface area contributed by atoms with E-state index in [0.29, 0.717) is 25.4 Å². The van der Waals surface area contributed by atoms with E-state index in [9.17, 15) is 4.79 Å². The second-order valence-electron chi connectivity index (χ2n) is 6.43. The molecular formula is C22H23ClN2O3. The van der Waals surface area contributed by atoms with Crippen molar-refractivity contribution in [2.45, 2.75) is 26.6 Å². The van der Waals surface area contributed by atoms with E-state index in [1.807, 2.05) is 55.5 Å². The Kier molecular flexibility index (Phi) is 6.39. The molecule has 0 spiro atoms. The Morgan fingerprint density at radius 3 is 2.32 bits per heavy atom. The number of hydrogen-bond donors (Lipinski definition) is 1. The van der Waals surface area contributed by atoms with Gasteiger partial charge >= 0.3 is 0 Å². The van der Waals surface area contributed by atoms with E-state index in [1.54, 1.807) is 17.7 Å². The fourth-order valence-electron chi connectivity index (χ4n) is 3.07. The monoisotopic (exact) mass is 398 g/mol. The molecule has 0 aliphatic carbocycles. The van der Waals surface area contributed by atoms with E-state index in [2.05, 4.69) is 0 Å². The number of para-hydroxylation sites is 1. The van der Waals surface area contributed by atoms with Crippen LogP contribution in [-0.2, 0) is 19.7 Å². The molecule has 0 radical (unpaired) electrons. The van der Waals surface area contributed by atoms with Crippen molar-refractivity contribution in [3.63, 3.8) is 0 Å². The Balaban J connectivity index is 1.87. The van der Waals surface area contributed by atoms with Crippen molar-refractivity contribution in [1.29, 1.82) is 0 Å². The van der Waals surface area contributed by atoms with Gasteiger partial charge < -0.3 is 19.8 Å². The zero-order valence-corrected chi connectivity index (χ0v) is 16.7. The van der Waals surface area contributed by atoms with Gasteiger partial charge in [0.15, 0.2) is 0 Å². The van der Waals surface area contributed by atoms with Crippen LogP contribution >= 0.6 is 11.6 Å². The lowest BCUT2D eigenvalue weighted by molar-refractivity contribution is 0.303. The van der Waals surface area contributed by atoms with Crippen molar-refractivity contribution < 1.29 is 9.47 Å². The van der Waals surface area contributed by atoms with Gasteiger partial charge in [-0.25, -0.2) is 0 Å². The number of nitrogens with zero attached hydrogens (tertiary/aromatic N) is 1. The number of hydrogen-bond acceptors (Lipinski definition) is 4.